The van der Waals surface area contributed by atoms with E-state index in [1.165, 1.54) is 49.1 Å². The molecule has 0 saturated carbocycles. The van der Waals surface area contributed by atoms with Crippen LogP contribution in [0.3, 0.4) is 0 Å². The Morgan fingerprint density at radius 1 is 0.968 bits per heavy atom. The molecule has 0 amide bonds. The predicted octanol–water partition coefficient (Wildman–Crippen LogP) is 0.989. The lowest BCUT2D eigenvalue weighted by Crippen LogP contribution is -2.40. The molecule has 2 aromatic heterocycles. The van der Waals surface area contributed by atoms with Crippen molar-refractivity contribution in [1.29, 1.82) is 0 Å². The van der Waals surface area contributed by atoms with Gasteiger partial charge in [-0.15, -0.1) is 26.8 Å². The molecule has 3 rings (SSSR count). The van der Waals surface area contributed by atoms with Gasteiger partial charge in [0.1, 0.15) is 17.7 Å². The molecule has 1 aliphatic rings. The van der Waals surface area contributed by atoms with E-state index >= 15 is 0 Å². The minimum Gasteiger partial charge on any atom is -0.463 e. The van der Waals surface area contributed by atoms with Crippen molar-refractivity contribution in [2.75, 3.05) is 19.1 Å². The molecule has 14 heteroatoms. The average Bonchev–Trinajstić information content (AvgIpc) is 3.26. The standard InChI is InChI=1S/C17H21N5O7S2/c1-7(23)26-6-10-12(27-8(2)24)13(28-9(3)25)16(29-10)22-20-11-14(21-22)18-17(31-5)19-15(11)30-4/h10,12-13,16H,6H2,1-5H3/t10-,12-,13-,16-/m1/s1. The molecule has 0 bridgehead atoms. The fourth-order valence-electron chi connectivity index (χ4n) is 3.01. The van der Waals surface area contributed by atoms with Crippen LogP contribution in [-0.4, -0.2) is 80.3 Å². The highest BCUT2D eigenvalue weighted by molar-refractivity contribution is 7.99. The molecule has 0 aliphatic carbocycles. The van der Waals surface area contributed by atoms with Crippen LogP contribution in [0, 0.1) is 0 Å². The first-order valence-electron chi connectivity index (χ1n) is 9.09. The Balaban J connectivity index is 2.02. The number of aromatic nitrogens is 5. The lowest BCUT2D eigenvalue weighted by Gasteiger charge is -2.22. The Morgan fingerprint density at radius 3 is 2.23 bits per heavy atom. The summed E-state index contributed by atoms with van der Waals surface area (Å²) in [5.74, 6) is -1.77. The molecule has 0 unspecified atom stereocenters. The van der Waals surface area contributed by atoms with Crippen molar-refractivity contribution in [3.05, 3.63) is 0 Å². The molecular formula is C17H21N5O7S2. The van der Waals surface area contributed by atoms with E-state index in [0.29, 0.717) is 21.3 Å². The fourth-order valence-corrected chi connectivity index (χ4v) is 3.93. The van der Waals surface area contributed by atoms with Crippen LogP contribution in [0.1, 0.15) is 27.0 Å². The number of carbonyl (C=O) groups is 3. The van der Waals surface area contributed by atoms with Crippen LogP contribution in [0.2, 0.25) is 0 Å². The number of thioether (sulfide) groups is 2. The molecule has 0 aromatic carbocycles. The number of hydrogen-bond donors (Lipinski definition) is 0. The highest BCUT2D eigenvalue weighted by atomic mass is 32.2. The quantitative estimate of drug-likeness (QED) is 0.186. The van der Waals surface area contributed by atoms with Gasteiger partial charge in [0.15, 0.2) is 22.9 Å². The number of esters is 3. The maximum Gasteiger partial charge on any atom is 0.303 e. The molecule has 1 saturated heterocycles. The van der Waals surface area contributed by atoms with Crippen LogP contribution >= 0.6 is 23.5 Å². The van der Waals surface area contributed by atoms with Gasteiger partial charge >= 0.3 is 17.9 Å². The first-order valence-corrected chi connectivity index (χ1v) is 11.5. The van der Waals surface area contributed by atoms with Crippen molar-refractivity contribution in [3.63, 3.8) is 0 Å². The zero-order valence-corrected chi connectivity index (χ0v) is 19.1. The summed E-state index contributed by atoms with van der Waals surface area (Å²) in [4.78, 5) is 44.7. The summed E-state index contributed by atoms with van der Waals surface area (Å²) in [6.45, 7) is 3.46. The number of carbonyl (C=O) groups excluding carboxylic acids is 3. The van der Waals surface area contributed by atoms with Gasteiger partial charge in [-0.2, -0.15) is 4.98 Å². The molecule has 3 heterocycles. The Hall–Kier alpha value is -2.45. The fraction of sp³-hybridized carbons (Fsp3) is 0.588. The smallest absolute Gasteiger partial charge is 0.303 e. The minimum absolute atomic E-state index is 0.213. The number of nitrogens with zero attached hydrogens (tertiary/aromatic N) is 5. The molecule has 31 heavy (non-hydrogen) atoms. The lowest BCUT2D eigenvalue weighted by atomic mass is 10.1. The Bertz CT molecular complexity index is 1000. The van der Waals surface area contributed by atoms with Gasteiger partial charge in [0.2, 0.25) is 11.9 Å². The van der Waals surface area contributed by atoms with Crippen LogP contribution in [0.5, 0.6) is 0 Å². The van der Waals surface area contributed by atoms with E-state index in [-0.39, 0.29) is 6.61 Å². The Morgan fingerprint density at radius 2 is 1.65 bits per heavy atom. The van der Waals surface area contributed by atoms with Gasteiger partial charge in [0.25, 0.3) is 0 Å². The van der Waals surface area contributed by atoms with E-state index in [1.807, 2.05) is 12.5 Å². The molecule has 1 fully saturated rings. The van der Waals surface area contributed by atoms with Gasteiger partial charge in [-0.3, -0.25) is 14.4 Å². The minimum atomic E-state index is -1.07. The van der Waals surface area contributed by atoms with E-state index in [2.05, 4.69) is 20.2 Å². The molecule has 12 nitrogen and oxygen atoms in total. The number of hydrogen-bond acceptors (Lipinski definition) is 13. The number of fused-ring (bicyclic) bond motifs is 1. The second-order valence-corrected chi connectivity index (χ2v) is 8.00. The van der Waals surface area contributed by atoms with Crippen molar-refractivity contribution < 1.29 is 33.3 Å². The van der Waals surface area contributed by atoms with E-state index < -0.39 is 42.4 Å². The van der Waals surface area contributed by atoms with Crippen LogP contribution < -0.4 is 0 Å². The first kappa shape index (κ1) is 23.2. The second-order valence-electron chi connectivity index (χ2n) is 6.43. The third-order valence-corrected chi connectivity index (χ3v) is 5.38. The third-order valence-electron chi connectivity index (χ3n) is 4.16. The summed E-state index contributed by atoms with van der Waals surface area (Å²) in [7, 11) is 0. The maximum absolute atomic E-state index is 11.8. The van der Waals surface area contributed by atoms with Crippen molar-refractivity contribution >= 4 is 52.6 Å². The molecule has 1 aliphatic heterocycles. The zero-order valence-electron chi connectivity index (χ0n) is 17.4. The maximum atomic E-state index is 11.8. The summed E-state index contributed by atoms with van der Waals surface area (Å²) in [6.07, 6.45) is -0.359. The molecular weight excluding hydrogens is 450 g/mol. The monoisotopic (exact) mass is 471 g/mol. The topological polar surface area (TPSA) is 145 Å². The molecule has 0 radical (unpaired) electrons. The van der Waals surface area contributed by atoms with Crippen LogP contribution in [0.25, 0.3) is 11.2 Å². The number of ether oxygens (including phenoxy) is 4. The van der Waals surface area contributed by atoms with Gasteiger partial charge in [0, 0.05) is 20.8 Å². The SMILES string of the molecule is CSc1nc(SC)c2nn([C@@H]3O[C@H](COC(C)=O)[C@@H](OC(C)=O)[C@H]3OC(C)=O)nc2n1. The highest BCUT2D eigenvalue weighted by Crippen LogP contribution is 2.34. The molecule has 2 aromatic rings. The molecule has 0 N–H and O–H groups in total. The summed E-state index contributed by atoms with van der Waals surface area (Å²) >= 11 is 2.74. The van der Waals surface area contributed by atoms with Gasteiger partial charge in [-0.1, -0.05) is 11.8 Å². The number of rotatable bonds is 7. The third kappa shape index (κ3) is 5.25. The molecule has 0 spiro atoms. The van der Waals surface area contributed by atoms with Crippen molar-refractivity contribution in [1.82, 2.24) is 25.0 Å². The summed E-state index contributed by atoms with van der Waals surface area (Å²) in [5.41, 5.74) is 0.782. The summed E-state index contributed by atoms with van der Waals surface area (Å²) < 4.78 is 21.7. The zero-order chi connectivity index (χ0) is 22.7. The predicted molar refractivity (Wildman–Crippen MR) is 108 cm³/mol. The largest absolute Gasteiger partial charge is 0.463 e. The summed E-state index contributed by atoms with van der Waals surface area (Å²) in [5, 5.41) is 9.95. The van der Waals surface area contributed by atoms with Crippen molar-refractivity contribution in [2.24, 2.45) is 0 Å². The van der Waals surface area contributed by atoms with Crippen molar-refractivity contribution in [3.8, 4) is 0 Å². The van der Waals surface area contributed by atoms with Gasteiger partial charge in [-0.05, 0) is 12.5 Å². The van der Waals surface area contributed by atoms with E-state index in [1.54, 1.807) is 0 Å². The van der Waals surface area contributed by atoms with Gasteiger partial charge in [0.05, 0.1) is 0 Å². The van der Waals surface area contributed by atoms with Gasteiger partial charge in [-0.25, -0.2) is 4.98 Å². The van der Waals surface area contributed by atoms with E-state index in [0.717, 1.165) is 0 Å². The van der Waals surface area contributed by atoms with E-state index in [4.69, 9.17) is 18.9 Å². The first-order chi connectivity index (χ1) is 14.7. The normalized spacial score (nSPS) is 23.0. The van der Waals surface area contributed by atoms with Crippen LogP contribution in [-0.2, 0) is 33.3 Å². The second kappa shape index (κ2) is 9.78. The average molecular weight is 472 g/mol. The van der Waals surface area contributed by atoms with Crippen LogP contribution in [0.15, 0.2) is 10.2 Å². The van der Waals surface area contributed by atoms with Crippen LogP contribution in [0.4, 0.5) is 0 Å². The molecule has 4 atom stereocenters. The Kier molecular flexibility index (Phi) is 7.33. The highest BCUT2D eigenvalue weighted by Gasteiger charge is 2.51. The van der Waals surface area contributed by atoms with E-state index in [9.17, 15) is 14.4 Å². The summed E-state index contributed by atoms with van der Waals surface area (Å²) in [6, 6.07) is 0. The van der Waals surface area contributed by atoms with Crippen molar-refractivity contribution in [2.45, 2.75) is 55.5 Å². The lowest BCUT2D eigenvalue weighted by molar-refractivity contribution is -0.166. The molecule has 168 valence electrons. The Labute approximate surface area is 185 Å². The van der Waals surface area contributed by atoms with Gasteiger partial charge < -0.3 is 18.9 Å².